The van der Waals surface area contributed by atoms with Crippen molar-refractivity contribution in [1.29, 1.82) is 0 Å². The number of carbonyl (C=O) groups is 3. The van der Waals surface area contributed by atoms with Crippen molar-refractivity contribution in [1.82, 2.24) is 10.0 Å². The summed E-state index contributed by atoms with van der Waals surface area (Å²) in [7, 11) is 2.26. The molecule has 0 radical (unpaired) electrons. The Labute approximate surface area is 138 Å². The van der Waals surface area contributed by atoms with E-state index in [0.29, 0.717) is 5.06 Å². The van der Waals surface area contributed by atoms with Crippen LogP contribution >= 0.6 is 21.6 Å². The fourth-order valence-corrected chi connectivity index (χ4v) is 3.61. The molecule has 0 saturated carbocycles. The van der Waals surface area contributed by atoms with Crippen molar-refractivity contribution in [2.24, 2.45) is 0 Å². The summed E-state index contributed by atoms with van der Waals surface area (Å²) in [5.41, 5.74) is -0.110. The van der Waals surface area contributed by atoms with Crippen molar-refractivity contribution < 1.29 is 24.1 Å². The molecular formula is C12H11N3O6S2. The minimum Gasteiger partial charge on any atom is -0.330 e. The molecule has 9 nitrogen and oxygen atoms in total. The number of amides is 2. The molecule has 23 heavy (non-hydrogen) atoms. The van der Waals surface area contributed by atoms with Gasteiger partial charge in [0.15, 0.2) is 5.03 Å². The van der Waals surface area contributed by atoms with Crippen molar-refractivity contribution >= 4 is 45.1 Å². The van der Waals surface area contributed by atoms with E-state index in [2.05, 4.69) is 4.98 Å². The van der Waals surface area contributed by atoms with E-state index >= 15 is 0 Å². The quantitative estimate of drug-likeness (QED) is 0.236. The van der Waals surface area contributed by atoms with Crippen LogP contribution in [-0.4, -0.2) is 38.5 Å². The maximum Gasteiger partial charge on any atom is 0.334 e. The van der Waals surface area contributed by atoms with E-state index < -0.39 is 22.7 Å². The van der Waals surface area contributed by atoms with Crippen molar-refractivity contribution in [3.8, 4) is 0 Å². The normalized spacial score (nSPS) is 14.2. The first-order valence-corrected chi connectivity index (χ1v) is 8.76. The molecule has 11 heteroatoms. The number of pyridine rings is 1. The summed E-state index contributed by atoms with van der Waals surface area (Å²) in [5, 5.41) is 11.5. The van der Waals surface area contributed by atoms with Crippen LogP contribution in [-0.2, 0) is 19.2 Å². The molecule has 1 aliphatic heterocycles. The minimum atomic E-state index is -0.711. The van der Waals surface area contributed by atoms with Crippen LogP contribution in [0.15, 0.2) is 23.4 Å². The molecule has 0 unspecified atom stereocenters. The molecule has 1 aromatic rings. The predicted molar refractivity (Wildman–Crippen MR) is 81.0 cm³/mol. The summed E-state index contributed by atoms with van der Waals surface area (Å²) >= 11 is 0. The Morgan fingerprint density at radius 1 is 1.39 bits per heavy atom. The molecule has 0 atom stereocenters. The number of carbonyl (C=O) groups excluding carboxylic acids is 3. The summed E-state index contributed by atoms with van der Waals surface area (Å²) in [6.45, 7) is 0. The Morgan fingerprint density at radius 3 is 2.74 bits per heavy atom. The number of hydrogen-bond acceptors (Lipinski definition) is 9. The lowest BCUT2D eigenvalue weighted by molar-refractivity contribution is -0.388. The van der Waals surface area contributed by atoms with Crippen molar-refractivity contribution in [3.63, 3.8) is 0 Å². The van der Waals surface area contributed by atoms with Gasteiger partial charge in [0.25, 0.3) is 11.8 Å². The van der Waals surface area contributed by atoms with E-state index in [1.807, 2.05) is 0 Å². The van der Waals surface area contributed by atoms with Crippen LogP contribution in [0.1, 0.15) is 19.3 Å². The Kier molecular flexibility index (Phi) is 5.93. The van der Waals surface area contributed by atoms with Gasteiger partial charge < -0.3 is 4.84 Å². The molecule has 0 bridgehead atoms. The first kappa shape index (κ1) is 17.2. The second-order valence-corrected chi connectivity index (χ2v) is 6.69. The highest BCUT2D eigenvalue weighted by molar-refractivity contribution is 8.76. The first-order valence-electron chi connectivity index (χ1n) is 6.44. The summed E-state index contributed by atoms with van der Waals surface area (Å²) in [4.78, 5) is 53.0. The minimum absolute atomic E-state index is 0.0417. The van der Waals surface area contributed by atoms with E-state index in [4.69, 9.17) is 4.84 Å². The number of aromatic nitrogens is 1. The second kappa shape index (κ2) is 7.92. The molecular weight excluding hydrogens is 346 g/mol. The Morgan fingerprint density at radius 2 is 2.09 bits per heavy atom. The number of hydrogen-bond donors (Lipinski definition) is 0. The molecule has 0 N–H and O–H groups in total. The number of hydroxylamine groups is 2. The van der Waals surface area contributed by atoms with Gasteiger partial charge in [-0.15, -0.1) is 5.06 Å². The van der Waals surface area contributed by atoms with Gasteiger partial charge in [-0.25, -0.2) is 9.78 Å². The lowest BCUT2D eigenvalue weighted by Crippen LogP contribution is -2.32. The zero-order valence-corrected chi connectivity index (χ0v) is 13.3. The average molecular weight is 357 g/mol. The van der Waals surface area contributed by atoms with Gasteiger partial charge in [0.05, 0.1) is 11.3 Å². The molecule has 0 aliphatic carbocycles. The zero-order valence-electron chi connectivity index (χ0n) is 11.7. The molecule has 122 valence electrons. The van der Waals surface area contributed by atoms with Crippen LogP contribution in [0.25, 0.3) is 0 Å². The third kappa shape index (κ3) is 4.66. The SMILES string of the molecule is O=C(CCSSc1ncccc1[N+](=O)[O-])ON1C(=O)CCC1=O. The molecule has 0 spiro atoms. The number of nitrogens with zero attached hydrogens (tertiary/aromatic N) is 3. The smallest absolute Gasteiger partial charge is 0.330 e. The fraction of sp³-hybridized carbons (Fsp3) is 0.333. The molecule has 1 aromatic heterocycles. The number of imide groups is 1. The van der Waals surface area contributed by atoms with Gasteiger partial charge in [-0.3, -0.25) is 19.7 Å². The standard InChI is InChI=1S/C12H11N3O6S2/c16-9-3-4-10(17)14(9)21-11(18)5-7-22-23-12-8(15(19)20)2-1-6-13-12/h1-2,6H,3-5,7H2. The van der Waals surface area contributed by atoms with Gasteiger partial charge in [-0.2, -0.15) is 0 Å². The summed E-state index contributed by atoms with van der Waals surface area (Å²) in [5.74, 6) is -1.49. The van der Waals surface area contributed by atoms with Crippen LogP contribution in [0.5, 0.6) is 0 Å². The van der Waals surface area contributed by atoms with Gasteiger partial charge >= 0.3 is 11.7 Å². The highest BCUT2D eigenvalue weighted by Gasteiger charge is 2.32. The Bertz CT molecular complexity index is 637. The van der Waals surface area contributed by atoms with Gasteiger partial charge in [0.1, 0.15) is 0 Å². The fourth-order valence-electron chi connectivity index (χ4n) is 1.61. The highest BCUT2D eigenvalue weighted by Crippen LogP contribution is 2.35. The lowest BCUT2D eigenvalue weighted by Gasteiger charge is -2.12. The van der Waals surface area contributed by atoms with Crippen molar-refractivity contribution in [2.45, 2.75) is 24.3 Å². The van der Waals surface area contributed by atoms with E-state index in [9.17, 15) is 24.5 Å². The van der Waals surface area contributed by atoms with Crippen LogP contribution in [0.4, 0.5) is 5.69 Å². The Hall–Kier alpha value is -2.14. The molecule has 2 heterocycles. The lowest BCUT2D eigenvalue weighted by atomic mass is 10.4. The first-order chi connectivity index (χ1) is 11.0. The van der Waals surface area contributed by atoms with E-state index in [1.54, 1.807) is 0 Å². The third-order valence-electron chi connectivity index (χ3n) is 2.67. The van der Waals surface area contributed by atoms with E-state index in [1.165, 1.54) is 29.1 Å². The van der Waals surface area contributed by atoms with Crippen LogP contribution in [0.3, 0.4) is 0 Å². The van der Waals surface area contributed by atoms with E-state index in [0.717, 1.165) is 10.8 Å². The van der Waals surface area contributed by atoms with Crippen molar-refractivity contribution in [3.05, 3.63) is 28.4 Å². The molecule has 2 rings (SSSR count). The predicted octanol–water partition coefficient (Wildman–Crippen LogP) is 1.73. The number of rotatable bonds is 7. The summed E-state index contributed by atoms with van der Waals surface area (Å²) < 4.78 is 0. The summed E-state index contributed by atoms with van der Waals surface area (Å²) in [6.07, 6.45) is 1.48. The van der Waals surface area contributed by atoms with E-state index in [-0.39, 0.29) is 35.7 Å². The van der Waals surface area contributed by atoms with Gasteiger partial charge in [0.2, 0.25) is 0 Å². The Balaban J connectivity index is 1.75. The maximum absolute atomic E-state index is 11.6. The average Bonchev–Trinajstić information content (AvgIpc) is 2.83. The van der Waals surface area contributed by atoms with Crippen molar-refractivity contribution in [2.75, 3.05) is 5.75 Å². The van der Waals surface area contributed by atoms with Crippen LogP contribution in [0.2, 0.25) is 0 Å². The second-order valence-electron chi connectivity index (χ2n) is 4.29. The maximum atomic E-state index is 11.6. The van der Waals surface area contributed by atoms with Gasteiger partial charge in [-0.05, 0) is 16.9 Å². The third-order valence-corrected chi connectivity index (χ3v) is 4.96. The highest BCUT2D eigenvalue weighted by atomic mass is 33.1. The molecule has 1 saturated heterocycles. The number of nitro groups is 1. The van der Waals surface area contributed by atoms with Gasteiger partial charge in [-0.1, -0.05) is 10.8 Å². The summed E-state index contributed by atoms with van der Waals surface area (Å²) in [6, 6.07) is 2.81. The molecule has 2 amide bonds. The largest absolute Gasteiger partial charge is 0.334 e. The molecule has 0 aromatic carbocycles. The van der Waals surface area contributed by atoms with Crippen LogP contribution < -0.4 is 0 Å². The molecule has 1 fully saturated rings. The monoisotopic (exact) mass is 357 g/mol. The topological polar surface area (TPSA) is 120 Å². The van der Waals surface area contributed by atoms with Crippen LogP contribution in [0, 0.1) is 10.1 Å². The molecule has 1 aliphatic rings. The van der Waals surface area contributed by atoms with Gasteiger partial charge in [0, 0.05) is 30.9 Å². The zero-order chi connectivity index (χ0) is 16.8.